The molecule has 1 aliphatic rings. The van der Waals surface area contributed by atoms with Crippen LogP contribution < -0.4 is 5.32 Å². The number of H-pyrrole nitrogens is 1. The molecule has 1 aliphatic heterocycles. The van der Waals surface area contributed by atoms with E-state index in [1.165, 1.54) is 6.42 Å². The highest BCUT2D eigenvalue weighted by molar-refractivity contribution is 6.30. The average Bonchev–Trinajstić information content (AvgIpc) is 2.96. The molecule has 7 heteroatoms. The molecule has 6 nitrogen and oxygen atoms in total. The predicted octanol–water partition coefficient (Wildman–Crippen LogP) is 1.92. The minimum atomic E-state index is -0.192. The smallest absolute Gasteiger partial charge is 0.268 e. The Balaban J connectivity index is 1.67. The number of carbonyl (C=O) groups is 1. The van der Waals surface area contributed by atoms with Crippen molar-refractivity contribution in [2.75, 3.05) is 0 Å². The van der Waals surface area contributed by atoms with E-state index < -0.39 is 0 Å². The SMILES string of the molecule is O=C(NCc1nnc2n1CCCCC2)c1cc(Cl)c[nH]1. The zero-order valence-electron chi connectivity index (χ0n) is 11.0. The lowest BCUT2D eigenvalue weighted by Crippen LogP contribution is -2.25. The van der Waals surface area contributed by atoms with Crippen molar-refractivity contribution in [1.82, 2.24) is 25.1 Å². The fourth-order valence-corrected chi connectivity index (χ4v) is 2.59. The van der Waals surface area contributed by atoms with E-state index in [1.54, 1.807) is 12.3 Å². The third-order valence-electron chi connectivity index (χ3n) is 3.49. The Labute approximate surface area is 121 Å². The number of hydrogen-bond donors (Lipinski definition) is 2. The largest absolute Gasteiger partial charge is 0.356 e. The number of hydrogen-bond acceptors (Lipinski definition) is 3. The Morgan fingerprint density at radius 1 is 1.40 bits per heavy atom. The van der Waals surface area contributed by atoms with E-state index in [4.69, 9.17) is 11.6 Å². The van der Waals surface area contributed by atoms with Gasteiger partial charge in [0, 0.05) is 19.2 Å². The van der Waals surface area contributed by atoms with E-state index >= 15 is 0 Å². The lowest BCUT2D eigenvalue weighted by Gasteiger charge is -2.07. The van der Waals surface area contributed by atoms with Crippen LogP contribution in [0.2, 0.25) is 5.02 Å². The van der Waals surface area contributed by atoms with Crippen LogP contribution in [-0.2, 0) is 19.5 Å². The van der Waals surface area contributed by atoms with E-state index in [-0.39, 0.29) is 5.91 Å². The second kappa shape index (κ2) is 5.66. The van der Waals surface area contributed by atoms with Gasteiger partial charge in [-0.2, -0.15) is 0 Å². The molecule has 0 saturated carbocycles. The maximum atomic E-state index is 11.9. The molecule has 2 aromatic heterocycles. The van der Waals surface area contributed by atoms with Gasteiger partial charge >= 0.3 is 0 Å². The Bertz CT molecular complexity index is 618. The molecule has 0 saturated heterocycles. The van der Waals surface area contributed by atoms with Gasteiger partial charge in [-0.15, -0.1) is 10.2 Å². The number of amides is 1. The summed E-state index contributed by atoms with van der Waals surface area (Å²) in [6.45, 7) is 1.31. The Morgan fingerprint density at radius 3 is 3.10 bits per heavy atom. The maximum absolute atomic E-state index is 11.9. The second-order valence-electron chi connectivity index (χ2n) is 4.91. The Hall–Kier alpha value is -1.82. The number of nitrogens with one attached hydrogen (secondary N) is 2. The van der Waals surface area contributed by atoms with Crippen molar-refractivity contribution in [2.45, 2.75) is 38.8 Å². The van der Waals surface area contributed by atoms with Gasteiger partial charge in [0.2, 0.25) is 0 Å². The summed E-state index contributed by atoms with van der Waals surface area (Å²) in [5, 5.41) is 11.7. The first-order chi connectivity index (χ1) is 9.74. The Kier molecular flexibility index (Phi) is 3.73. The normalized spacial score (nSPS) is 14.7. The first-order valence-electron chi connectivity index (χ1n) is 6.77. The molecule has 20 heavy (non-hydrogen) atoms. The van der Waals surface area contributed by atoms with E-state index in [0.717, 1.165) is 37.5 Å². The van der Waals surface area contributed by atoms with Crippen molar-refractivity contribution in [3.8, 4) is 0 Å². The molecule has 2 aromatic rings. The fraction of sp³-hybridized carbons (Fsp3) is 0.462. The molecule has 1 amide bonds. The van der Waals surface area contributed by atoms with E-state index in [0.29, 0.717) is 17.3 Å². The van der Waals surface area contributed by atoms with Crippen LogP contribution in [0.3, 0.4) is 0 Å². The molecule has 2 N–H and O–H groups in total. The summed E-state index contributed by atoms with van der Waals surface area (Å²) in [7, 11) is 0. The van der Waals surface area contributed by atoms with Gasteiger partial charge in [-0.1, -0.05) is 18.0 Å². The van der Waals surface area contributed by atoms with Gasteiger partial charge in [0.05, 0.1) is 11.6 Å². The van der Waals surface area contributed by atoms with Crippen LogP contribution in [0.1, 0.15) is 41.4 Å². The number of aromatic nitrogens is 4. The number of fused-ring (bicyclic) bond motifs is 1. The van der Waals surface area contributed by atoms with Gasteiger partial charge in [-0.05, 0) is 18.9 Å². The van der Waals surface area contributed by atoms with Crippen LogP contribution in [0.5, 0.6) is 0 Å². The summed E-state index contributed by atoms with van der Waals surface area (Å²) in [6, 6.07) is 1.60. The lowest BCUT2D eigenvalue weighted by atomic mass is 10.2. The number of nitrogens with zero attached hydrogens (tertiary/aromatic N) is 3. The average molecular weight is 294 g/mol. The van der Waals surface area contributed by atoms with Gasteiger partial charge in [0.15, 0.2) is 5.82 Å². The van der Waals surface area contributed by atoms with Gasteiger partial charge in [0.1, 0.15) is 11.5 Å². The van der Waals surface area contributed by atoms with Crippen molar-refractivity contribution >= 4 is 17.5 Å². The molecule has 0 aromatic carbocycles. The van der Waals surface area contributed by atoms with E-state index in [9.17, 15) is 4.79 Å². The van der Waals surface area contributed by atoms with Gasteiger partial charge in [-0.25, -0.2) is 0 Å². The summed E-state index contributed by atoms with van der Waals surface area (Å²) < 4.78 is 2.12. The molecule has 0 aliphatic carbocycles. The minimum absolute atomic E-state index is 0.192. The fourth-order valence-electron chi connectivity index (χ4n) is 2.43. The molecule has 0 atom stereocenters. The van der Waals surface area contributed by atoms with Crippen LogP contribution in [0.4, 0.5) is 0 Å². The number of aryl methyl sites for hydroxylation is 1. The Morgan fingerprint density at radius 2 is 2.30 bits per heavy atom. The number of halogens is 1. The molecule has 0 spiro atoms. The topological polar surface area (TPSA) is 75.6 Å². The molecule has 0 unspecified atom stereocenters. The van der Waals surface area contributed by atoms with Crippen molar-refractivity contribution in [1.29, 1.82) is 0 Å². The second-order valence-corrected chi connectivity index (χ2v) is 5.35. The summed E-state index contributed by atoms with van der Waals surface area (Å²) >= 11 is 5.78. The number of rotatable bonds is 3. The molecule has 3 rings (SSSR count). The quantitative estimate of drug-likeness (QED) is 0.908. The van der Waals surface area contributed by atoms with Crippen LogP contribution in [0.15, 0.2) is 12.3 Å². The van der Waals surface area contributed by atoms with Crippen LogP contribution in [-0.4, -0.2) is 25.7 Å². The lowest BCUT2D eigenvalue weighted by molar-refractivity contribution is 0.0945. The highest BCUT2D eigenvalue weighted by atomic mass is 35.5. The van der Waals surface area contributed by atoms with Crippen molar-refractivity contribution in [3.63, 3.8) is 0 Å². The maximum Gasteiger partial charge on any atom is 0.268 e. The highest BCUT2D eigenvalue weighted by Gasteiger charge is 2.15. The summed E-state index contributed by atoms with van der Waals surface area (Å²) in [5.74, 6) is 1.64. The first-order valence-corrected chi connectivity index (χ1v) is 7.15. The van der Waals surface area contributed by atoms with Crippen molar-refractivity contribution < 1.29 is 4.79 Å². The van der Waals surface area contributed by atoms with Crippen LogP contribution >= 0.6 is 11.6 Å². The predicted molar refractivity (Wildman–Crippen MR) is 74.5 cm³/mol. The molecule has 3 heterocycles. The third kappa shape index (κ3) is 2.70. The summed E-state index contributed by atoms with van der Waals surface area (Å²) in [5.41, 5.74) is 0.450. The molecular formula is C13H16ClN5O. The summed E-state index contributed by atoms with van der Waals surface area (Å²) in [4.78, 5) is 14.8. The molecule has 0 bridgehead atoms. The molecule has 106 valence electrons. The van der Waals surface area contributed by atoms with Crippen LogP contribution in [0.25, 0.3) is 0 Å². The van der Waals surface area contributed by atoms with Crippen molar-refractivity contribution in [2.24, 2.45) is 0 Å². The van der Waals surface area contributed by atoms with Gasteiger partial charge in [-0.3, -0.25) is 4.79 Å². The van der Waals surface area contributed by atoms with Gasteiger partial charge in [0.25, 0.3) is 5.91 Å². The van der Waals surface area contributed by atoms with Gasteiger partial charge < -0.3 is 14.9 Å². The van der Waals surface area contributed by atoms with E-state index in [1.807, 2.05) is 0 Å². The molecular weight excluding hydrogens is 278 g/mol. The standard InChI is InChI=1S/C13H16ClN5O/c14-9-6-10(15-7-9)13(20)16-8-12-18-17-11-4-2-1-3-5-19(11)12/h6-7,15H,1-5,8H2,(H,16,20). The zero-order chi connectivity index (χ0) is 13.9. The monoisotopic (exact) mass is 293 g/mol. The highest BCUT2D eigenvalue weighted by Crippen LogP contribution is 2.14. The zero-order valence-corrected chi connectivity index (χ0v) is 11.8. The number of aromatic amines is 1. The minimum Gasteiger partial charge on any atom is -0.356 e. The summed E-state index contributed by atoms with van der Waals surface area (Å²) in [6.07, 6.45) is 6.06. The number of carbonyl (C=O) groups excluding carboxylic acids is 1. The molecule has 0 fully saturated rings. The molecule has 0 radical (unpaired) electrons. The van der Waals surface area contributed by atoms with Crippen LogP contribution in [0, 0.1) is 0 Å². The third-order valence-corrected chi connectivity index (χ3v) is 3.70. The first kappa shape index (κ1) is 13.2. The van der Waals surface area contributed by atoms with Crippen molar-refractivity contribution in [3.05, 3.63) is 34.6 Å². The van der Waals surface area contributed by atoms with E-state index in [2.05, 4.69) is 25.1 Å².